The SMILES string of the molecule is CC(CN)(CO)c1cccc(F)c1Br. The number of hydrogen-bond donors (Lipinski definition) is 2. The first-order valence-electron chi connectivity index (χ1n) is 4.30. The summed E-state index contributed by atoms with van der Waals surface area (Å²) in [7, 11) is 0. The second-order valence-corrected chi connectivity index (χ2v) is 4.32. The number of hydrogen-bond acceptors (Lipinski definition) is 2. The number of rotatable bonds is 3. The molecule has 0 aromatic heterocycles. The lowest BCUT2D eigenvalue weighted by Gasteiger charge is -2.27. The van der Waals surface area contributed by atoms with Crippen molar-refractivity contribution in [3.63, 3.8) is 0 Å². The van der Waals surface area contributed by atoms with Gasteiger partial charge in [0.25, 0.3) is 0 Å². The van der Waals surface area contributed by atoms with E-state index < -0.39 is 5.41 Å². The summed E-state index contributed by atoms with van der Waals surface area (Å²) in [4.78, 5) is 0. The third-order valence-corrected chi connectivity index (χ3v) is 3.21. The second-order valence-electron chi connectivity index (χ2n) is 3.52. The van der Waals surface area contributed by atoms with Gasteiger partial charge in [-0.05, 0) is 27.6 Å². The Bertz CT molecular complexity index is 326. The van der Waals surface area contributed by atoms with Crippen LogP contribution in [0.3, 0.4) is 0 Å². The predicted octanol–water partition coefficient (Wildman–Crippen LogP) is 1.80. The van der Waals surface area contributed by atoms with Crippen molar-refractivity contribution in [2.75, 3.05) is 13.2 Å². The zero-order valence-electron chi connectivity index (χ0n) is 7.93. The monoisotopic (exact) mass is 261 g/mol. The molecule has 0 fully saturated rings. The first-order chi connectivity index (χ1) is 6.55. The summed E-state index contributed by atoms with van der Waals surface area (Å²) in [6.07, 6.45) is 0. The van der Waals surface area contributed by atoms with Crippen LogP contribution in [0.5, 0.6) is 0 Å². The van der Waals surface area contributed by atoms with Gasteiger partial charge in [-0.25, -0.2) is 4.39 Å². The van der Waals surface area contributed by atoms with Crippen LogP contribution in [0.15, 0.2) is 22.7 Å². The van der Waals surface area contributed by atoms with Crippen molar-refractivity contribution in [2.45, 2.75) is 12.3 Å². The Labute approximate surface area is 91.1 Å². The molecule has 2 nitrogen and oxygen atoms in total. The van der Waals surface area contributed by atoms with Gasteiger partial charge in [-0.2, -0.15) is 0 Å². The quantitative estimate of drug-likeness (QED) is 0.872. The molecule has 78 valence electrons. The molecule has 0 bridgehead atoms. The van der Waals surface area contributed by atoms with Crippen molar-refractivity contribution >= 4 is 15.9 Å². The van der Waals surface area contributed by atoms with Crippen LogP contribution in [-0.2, 0) is 5.41 Å². The minimum Gasteiger partial charge on any atom is -0.395 e. The molecular weight excluding hydrogens is 249 g/mol. The molecule has 0 saturated heterocycles. The van der Waals surface area contributed by atoms with Gasteiger partial charge in [-0.15, -0.1) is 0 Å². The standard InChI is InChI=1S/C10H13BrFNO/c1-10(5-13,6-14)7-3-2-4-8(12)9(7)11/h2-4,14H,5-6,13H2,1H3. The van der Waals surface area contributed by atoms with Crippen LogP contribution in [0.4, 0.5) is 4.39 Å². The van der Waals surface area contributed by atoms with Gasteiger partial charge in [0.05, 0.1) is 11.1 Å². The Morgan fingerprint density at radius 1 is 1.57 bits per heavy atom. The van der Waals surface area contributed by atoms with Crippen molar-refractivity contribution in [1.82, 2.24) is 0 Å². The molecule has 1 rings (SSSR count). The van der Waals surface area contributed by atoms with E-state index in [1.54, 1.807) is 19.1 Å². The minimum atomic E-state index is -0.596. The first-order valence-corrected chi connectivity index (χ1v) is 5.10. The molecule has 0 radical (unpaired) electrons. The molecule has 14 heavy (non-hydrogen) atoms. The molecule has 0 amide bonds. The van der Waals surface area contributed by atoms with Gasteiger partial charge in [0, 0.05) is 12.0 Å². The third-order valence-electron chi connectivity index (χ3n) is 2.40. The maximum absolute atomic E-state index is 13.2. The molecule has 0 aliphatic carbocycles. The van der Waals surface area contributed by atoms with Gasteiger partial charge in [0.15, 0.2) is 0 Å². The Kier molecular flexibility index (Phi) is 3.64. The van der Waals surface area contributed by atoms with E-state index in [2.05, 4.69) is 15.9 Å². The Balaban J connectivity index is 3.24. The number of aliphatic hydroxyl groups is 1. The van der Waals surface area contributed by atoms with Gasteiger partial charge in [0.2, 0.25) is 0 Å². The topological polar surface area (TPSA) is 46.2 Å². The summed E-state index contributed by atoms with van der Waals surface area (Å²) in [6, 6.07) is 4.73. The fourth-order valence-corrected chi connectivity index (χ4v) is 1.97. The summed E-state index contributed by atoms with van der Waals surface area (Å²) in [5, 5.41) is 9.23. The molecule has 4 heteroatoms. The Morgan fingerprint density at radius 3 is 2.71 bits per heavy atom. The van der Waals surface area contributed by atoms with Crippen LogP contribution < -0.4 is 5.73 Å². The van der Waals surface area contributed by atoms with E-state index in [4.69, 9.17) is 5.73 Å². The largest absolute Gasteiger partial charge is 0.395 e. The van der Waals surface area contributed by atoms with Crippen LogP contribution in [0.1, 0.15) is 12.5 Å². The molecule has 0 aliphatic rings. The molecular formula is C10H13BrFNO. The van der Waals surface area contributed by atoms with Gasteiger partial charge in [-0.3, -0.25) is 0 Å². The molecule has 0 aliphatic heterocycles. The number of benzene rings is 1. The Hall–Kier alpha value is -0.450. The summed E-state index contributed by atoms with van der Waals surface area (Å²) in [6.45, 7) is 1.96. The fraction of sp³-hybridized carbons (Fsp3) is 0.400. The van der Waals surface area contributed by atoms with Crippen LogP contribution in [-0.4, -0.2) is 18.3 Å². The van der Waals surface area contributed by atoms with Gasteiger partial charge < -0.3 is 10.8 Å². The van der Waals surface area contributed by atoms with Gasteiger partial charge in [-0.1, -0.05) is 19.1 Å². The zero-order chi connectivity index (χ0) is 10.8. The summed E-state index contributed by atoms with van der Waals surface area (Å²) < 4.78 is 13.6. The molecule has 1 atom stereocenters. The number of halogens is 2. The van der Waals surface area contributed by atoms with E-state index in [1.807, 2.05) is 0 Å². The van der Waals surface area contributed by atoms with E-state index in [1.165, 1.54) is 6.07 Å². The molecule has 1 aromatic carbocycles. The van der Waals surface area contributed by atoms with Crippen molar-refractivity contribution in [2.24, 2.45) is 5.73 Å². The van der Waals surface area contributed by atoms with Crippen molar-refractivity contribution < 1.29 is 9.50 Å². The number of nitrogens with two attached hydrogens (primary N) is 1. The maximum atomic E-state index is 13.2. The highest BCUT2D eigenvalue weighted by Crippen LogP contribution is 2.30. The highest BCUT2D eigenvalue weighted by atomic mass is 79.9. The first kappa shape index (κ1) is 11.6. The van der Waals surface area contributed by atoms with E-state index in [0.717, 1.165) is 0 Å². The smallest absolute Gasteiger partial charge is 0.137 e. The van der Waals surface area contributed by atoms with Crippen LogP contribution >= 0.6 is 15.9 Å². The molecule has 0 heterocycles. The average Bonchev–Trinajstić information content (AvgIpc) is 2.21. The highest BCUT2D eigenvalue weighted by molar-refractivity contribution is 9.10. The van der Waals surface area contributed by atoms with Crippen molar-refractivity contribution in [3.8, 4) is 0 Å². The lowest BCUT2D eigenvalue weighted by Crippen LogP contribution is -2.36. The van der Waals surface area contributed by atoms with Gasteiger partial charge in [0.1, 0.15) is 5.82 Å². The van der Waals surface area contributed by atoms with Crippen LogP contribution in [0.25, 0.3) is 0 Å². The third kappa shape index (κ3) is 1.97. The second kappa shape index (κ2) is 4.38. The van der Waals surface area contributed by atoms with E-state index in [9.17, 15) is 9.50 Å². The summed E-state index contributed by atoms with van der Waals surface area (Å²) in [5.41, 5.74) is 5.67. The summed E-state index contributed by atoms with van der Waals surface area (Å²) in [5.74, 6) is -0.337. The minimum absolute atomic E-state index is 0.106. The molecule has 1 unspecified atom stereocenters. The van der Waals surface area contributed by atoms with E-state index in [-0.39, 0.29) is 19.0 Å². The van der Waals surface area contributed by atoms with Gasteiger partial charge >= 0.3 is 0 Å². The molecule has 0 spiro atoms. The average molecular weight is 262 g/mol. The predicted molar refractivity (Wildman–Crippen MR) is 57.6 cm³/mol. The van der Waals surface area contributed by atoms with Crippen molar-refractivity contribution in [3.05, 3.63) is 34.1 Å². The zero-order valence-corrected chi connectivity index (χ0v) is 9.51. The molecule has 3 N–H and O–H groups in total. The molecule has 0 saturated carbocycles. The maximum Gasteiger partial charge on any atom is 0.137 e. The fourth-order valence-electron chi connectivity index (χ4n) is 1.23. The van der Waals surface area contributed by atoms with Crippen LogP contribution in [0.2, 0.25) is 0 Å². The number of aliphatic hydroxyl groups excluding tert-OH is 1. The van der Waals surface area contributed by atoms with Crippen molar-refractivity contribution in [1.29, 1.82) is 0 Å². The van der Waals surface area contributed by atoms with Crippen LogP contribution in [0, 0.1) is 5.82 Å². The lowest BCUT2D eigenvalue weighted by atomic mass is 9.83. The molecule has 1 aromatic rings. The van der Waals surface area contributed by atoms with E-state index >= 15 is 0 Å². The lowest BCUT2D eigenvalue weighted by molar-refractivity contribution is 0.209. The Morgan fingerprint density at radius 2 is 2.21 bits per heavy atom. The highest BCUT2D eigenvalue weighted by Gasteiger charge is 2.27. The van der Waals surface area contributed by atoms with E-state index in [0.29, 0.717) is 10.0 Å². The summed E-state index contributed by atoms with van der Waals surface area (Å²) >= 11 is 3.16. The normalized spacial score (nSPS) is 15.2.